The van der Waals surface area contributed by atoms with Crippen molar-refractivity contribution >= 4 is 11.3 Å². The molecule has 0 aromatic carbocycles. The molecule has 0 fully saturated rings. The van der Waals surface area contributed by atoms with E-state index in [1.165, 1.54) is 17.8 Å². The number of nitrogens with one attached hydrogen (secondary N) is 1. The SMILES string of the molecule is CCC(C)CC(C)NCc1nccs1. The van der Waals surface area contributed by atoms with E-state index in [0.29, 0.717) is 6.04 Å². The summed E-state index contributed by atoms with van der Waals surface area (Å²) in [5, 5.41) is 6.70. The fourth-order valence-electron chi connectivity index (χ4n) is 1.46. The minimum atomic E-state index is 0.592. The molecule has 2 atom stereocenters. The Balaban J connectivity index is 2.18. The van der Waals surface area contributed by atoms with Gasteiger partial charge < -0.3 is 5.32 Å². The van der Waals surface area contributed by atoms with Gasteiger partial charge in [0.25, 0.3) is 0 Å². The van der Waals surface area contributed by atoms with E-state index < -0.39 is 0 Å². The highest BCUT2D eigenvalue weighted by Crippen LogP contribution is 2.10. The zero-order valence-corrected chi connectivity index (χ0v) is 10.1. The molecule has 80 valence electrons. The second-order valence-electron chi connectivity index (χ2n) is 3.96. The highest BCUT2D eigenvalue weighted by Gasteiger charge is 2.06. The van der Waals surface area contributed by atoms with Crippen LogP contribution in [0.25, 0.3) is 0 Å². The van der Waals surface area contributed by atoms with Crippen LogP contribution in [0.1, 0.15) is 38.6 Å². The van der Waals surface area contributed by atoms with Gasteiger partial charge in [-0.3, -0.25) is 0 Å². The Labute approximate surface area is 90.8 Å². The van der Waals surface area contributed by atoms with Gasteiger partial charge >= 0.3 is 0 Å². The summed E-state index contributed by atoms with van der Waals surface area (Å²) in [6.07, 6.45) is 4.38. The Morgan fingerprint density at radius 1 is 1.50 bits per heavy atom. The normalized spacial score (nSPS) is 15.4. The van der Waals surface area contributed by atoms with Crippen molar-refractivity contribution in [3.8, 4) is 0 Å². The van der Waals surface area contributed by atoms with E-state index in [-0.39, 0.29) is 0 Å². The van der Waals surface area contributed by atoms with Gasteiger partial charge in [-0.2, -0.15) is 0 Å². The average molecular weight is 212 g/mol. The van der Waals surface area contributed by atoms with Gasteiger partial charge in [0.1, 0.15) is 5.01 Å². The third-order valence-corrected chi connectivity index (χ3v) is 3.32. The summed E-state index contributed by atoms with van der Waals surface area (Å²) in [6.45, 7) is 7.72. The number of thiazole rings is 1. The molecular formula is C11H20N2S. The third kappa shape index (κ3) is 4.20. The van der Waals surface area contributed by atoms with Crippen LogP contribution >= 0.6 is 11.3 Å². The standard InChI is InChI=1S/C11H20N2S/c1-4-9(2)7-10(3)13-8-11-12-5-6-14-11/h5-6,9-10,13H,4,7-8H2,1-3H3. The maximum atomic E-state index is 4.24. The lowest BCUT2D eigenvalue weighted by atomic mass is 10.0. The molecule has 0 bridgehead atoms. The van der Waals surface area contributed by atoms with Crippen LogP contribution in [0.15, 0.2) is 11.6 Å². The van der Waals surface area contributed by atoms with Crippen LogP contribution in [0.2, 0.25) is 0 Å². The van der Waals surface area contributed by atoms with Crippen molar-refractivity contribution in [3.05, 3.63) is 16.6 Å². The molecule has 1 heterocycles. The third-order valence-electron chi connectivity index (χ3n) is 2.54. The molecule has 2 unspecified atom stereocenters. The predicted octanol–water partition coefficient (Wildman–Crippen LogP) is 3.06. The summed E-state index contributed by atoms with van der Waals surface area (Å²) in [7, 11) is 0. The van der Waals surface area contributed by atoms with Gasteiger partial charge in [0.15, 0.2) is 0 Å². The first kappa shape index (κ1) is 11.7. The first-order valence-electron chi connectivity index (χ1n) is 5.34. The predicted molar refractivity (Wildman–Crippen MR) is 62.5 cm³/mol. The number of nitrogens with zero attached hydrogens (tertiary/aromatic N) is 1. The fraction of sp³-hybridized carbons (Fsp3) is 0.727. The number of aromatic nitrogens is 1. The smallest absolute Gasteiger partial charge is 0.106 e. The Bertz CT molecular complexity index is 233. The van der Waals surface area contributed by atoms with Crippen molar-refractivity contribution in [2.45, 2.75) is 46.2 Å². The van der Waals surface area contributed by atoms with Crippen LogP contribution in [-0.4, -0.2) is 11.0 Å². The largest absolute Gasteiger partial charge is 0.308 e. The van der Waals surface area contributed by atoms with E-state index in [2.05, 4.69) is 31.1 Å². The molecule has 0 aliphatic rings. The second kappa shape index (κ2) is 6.14. The number of hydrogen-bond acceptors (Lipinski definition) is 3. The maximum Gasteiger partial charge on any atom is 0.106 e. The minimum absolute atomic E-state index is 0.592. The zero-order chi connectivity index (χ0) is 10.4. The summed E-state index contributed by atoms with van der Waals surface area (Å²) in [5.41, 5.74) is 0. The maximum absolute atomic E-state index is 4.24. The Kier molecular flexibility index (Phi) is 5.12. The molecule has 0 saturated heterocycles. The van der Waals surface area contributed by atoms with Crippen molar-refractivity contribution in [2.75, 3.05) is 0 Å². The molecule has 0 aliphatic carbocycles. The number of rotatable bonds is 6. The van der Waals surface area contributed by atoms with Crippen LogP contribution in [0.3, 0.4) is 0 Å². The molecule has 0 radical (unpaired) electrons. The van der Waals surface area contributed by atoms with Crippen LogP contribution < -0.4 is 5.32 Å². The van der Waals surface area contributed by atoms with Gasteiger partial charge in [-0.15, -0.1) is 11.3 Å². The Morgan fingerprint density at radius 3 is 2.86 bits per heavy atom. The van der Waals surface area contributed by atoms with Crippen molar-refractivity contribution < 1.29 is 0 Å². The molecule has 1 rings (SSSR count). The van der Waals surface area contributed by atoms with E-state index in [1.807, 2.05) is 11.6 Å². The van der Waals surface area contributed by atoms with Crippen molar-refractivity contribution in [1.82, 2.24) is 10.3 Å². The highest BCUT2D eigenvalue weighted by atomic mass is 32.1. The molecule has 2 nitrogen and oxygen atoms in total. The first-order chi connectivity index (χ1) is 6.72. The Morgan fingerprint density at radius 2 is 2.29 bits per heavy atom. The van der Waals surface area contributed by atoms with Gasteiger partial charge in [0.2, 0.25) is 0 Å². The average Bonchev–Trinajstić information content (AvgIpc) is 2.67. The van der Waals surface area contributed by atoms with E-state index in [4.69, 9.17) is 0 Å². The molecule has 0 amide bonds. The monoisotopic (exact) mass is 212 g/mol. The van der Waals surface area contributed by atoms with Crippen molar-refractivity contribution in [2.24, 2.45) is 5.92 Å². The Hall–Kier alpha value is -0.410. The topological polar surface area (TPSA) is 24.9 Å². The van der Waals surface area contributed by atoms with Gasteiger partial charge in [0.05, 0.1) is 0 Å². The van der Waals surface area contributed by atoms with Crippen LogP contribution in [0.4, 0.5) is 0 Å². The molecule has 1 aromatic heterocycles. The molecule has 14 heavy (non-hydrogen) atoms. The van der Waals surface area contributed by atoms with Crippen LogP contribution in [-0.2, 0) is 6.54 Å². The summed E-state index contributed by atoms with van der Waals surface area (Å²) < 4.78 is 0. The second-order valence-corrected chi connectivity index (χ2v) is 4.94. The summed E-state index contributed by atoms with van der Waals surface area (Å²) in [4.78, 5) is 4.24. The van der Waals surface area contributed by atoms with Crippen molar-refractivity contribution in [3.63, 3.8) is 0 Å². The summed E-state index contributed by atoms with van der Waals surface area (Å²) in [5.74, 6) is 0.814. The van der Waals surface area contributed by atoms with E-state index in [9.17, 15) is 0 Å². The summed E-state index contributed by atoms with van der Waals surface area (Å²) >= 11 is 1.72. The molecule has 3 heteroatoms. The van der Waals surface area contributed by atoms with Gasteiger partial charge in [-0.25, -0.2) is 4.98 Å². The highest BCUT2D eigenvalue weighted by molar-refractivity contribution is 7.09. The quantitative estimate of drug-likeness (QED) is 0.784. The van der Waals surface area contributed by atoms with E-state index in [1.54, 1.807) is 11.3 Å². The van der Waals surface area contributed by atoms with E-state index >= 15 is 0 Å². The molecule has 0 spiro atoms. The molecule has 1 N–H and O–H groups in total. The first-order valence-corrected chi connectivity index (χ1v) is 6.22. The van der Waals surface area contributed by atoms with Crippen LogP contribution in [0, 0.1) is 5.92 Å². The molecular weight excluding hydrogens is 192 g/mol. The lowest BCUT2D eigenvalue weighted by molar-refractivity contribution is 0.412. The molecule has 1 aromatic rings. The molecule has 0 saturated carbocycles. The minimum Gasteiger partial charge on any atom is -0.308 e. The van der Waals surface area contributed by atoms with E-state index in [0.717, 1.165) is 12.5 Å². The molecule has 0 aliphatic heterocycles. The van der Waals surface area contributed by atoms with Crippen molar-refractivity contribution in [1.29, 1.82) is 0 Å². The zero-order valence-electron chi connectivity index (χ0n) is 9.29. The fourth-order valence-corrected chi connectivity index (χ4v) is 2.02. The van der Waals surface area contributed by atoms with Gasteiger partial charge in [-0.1, -0.05) is 20.3 Å². The van der Waals surface area contributed by atoms with Crippen LogP contribution in [0.5, 0.6) is 0 Å². The van der Waals surface area contributed by atoms with Gasteiger partial charge in [0, 0.05) is 24.2 Å². The van der Waals surface area contributed by atoms with Gasteiger partial charge in [-0.05, 0) is 19.3 Å². The lowest BCUT2D eigenvalue weighted by Gasteiger charge is -2.16. The lowest BCUT2D eigenvalue weighted by Crippen LogP contribution is -2.27. The summed E-state index contributed by atoms with van der Waals surface area (Å²) in [6, 6.07) is 0.592. The number of hydrogen-bond donors (Lipinski definition) is 1.